The van der Waals surface area contributed by atoms with Crippen LogP contribution in [0.5, 0.6) is 17.2 Å². The third-order valence-electron chi connectivity index (χ3n) is 6.64. The molecule has 2 aliphatic rings. The molecule has 7 heteroatoms. The number of rotatable bonds is 6. The van der Waals surface area contributed by atoms with Gasteiger partial charge in [0.2, 0.25) is 5.75 Å². The van der Waals surface area contributed by atoms with Gasteiger partial charge in [-0.05, 0) is 50.8 Å². The van der Waals surface area contributed by atoms with E-state index >= 15 is 0 Å². The van der Waals surface area contributed by atoms with Gasteiger partial charge < -0.3 is 28.8 Å². The van der Waals surface area contributed by atoms with E-state index in [1.807, 2.05) is 26.8 Å². The number of esters is 1. The number of benzene rings is 1. The number of allylic oxidation sites excluding steroid dienone is 1. The van der Waals surface area contributed by atoms with Gasteiger partial charge in [0.15, 0.2) is 11.5 Å². The molecule has 0 aromatic heterocycles. The molecule has 0 spiro atoms. The van der Waals surface area contributed by atoms with Crippen LogP contribution in [0.25, 0.3) is 0 Å². The molecule has 1 fully saturated rings. The summed E-state index contributed by atoms with van der Waals surface area (Å²) in [6.45, 7) is 8.16. The fourth-order valence-electron chi connectivity index (χ4n) is 4.77. The van der Waals surface area contributed by atoms with Crippen molar-refractivity contribution in [3.8, 4) is 17.2 Å². The quantitative estimate of drug-likeness (QED) is 0.397. The van der Waals surface area contributed by atoms with Gasteiger partial charge in [-0.25, -0.2) is 4.79 Å². The number of methoxy groups -OCH3 is 3. The van der Waals surface area contributed by atoms with E-state index in [4.69, 9.17) is 23.7 Å². The SMILES string of the molecule is COc1cc(C(=O)OC2C=C(C)CCC3OC3(C)CC(O)C2C(C)C)cc(OC)c1OC. The average molecular weight is 449 g/mol. The van der Waals surface area contributed by atoms with Gasteiger partial charge in [-0.15, -0.1) is 0 Å². The topological polar surface area (TPSA) is 86.8 Å². The second-order valence-corrected chi connectivity index (χ2v) is 9.35. The van der Waals surface area contributed by atoms with E-state index in [0.29, 0.717) is 23.7 Å². The molecule has 0 bridgehead atoms. The lowest BCUT2D eigenvalue weighted by molar-refractivity contribution is -0.0253. The molecular formula is C25H36O7. The molecule has 1 N–H and O–H groups in total. The lowest BCUT2D eigenvalue weighted by Crippen LogP contribution is -2.40. The number of hydrogen-bond donors (Lipinski definition) is 1. The van der Waals surface area contributed by atoms with Crippen molar-refractivity contribution in [2.75, 3.05) is 21.3 Å². The molecule has 5 atom stereocenters. The van der Waals surface area contributed by atoms with E-state index in [1.165, 1.54) is 21.3 Å². The van der Waals surface area contributed by atoms with Gasteiger partial charge in [0.1, 0.15) is 6.10 Å². The maximum atomic E-state index is 13.2. The van der Waals surface area contributed by atoms with Crippen LogP contribution < -0.4 is 14.2 Å². The predicted molar refractivity (Wildman–Crippen MR) is 121 cm³/mol. The van der Waals surface area contributed by atoms with E-state index in [0.717, 1.165) is 18.4 Å². The lowest BCUT2D eigenvalue weighted by atomic mass is 9.79. The molecule has 1 aliphatic heterocycles. The third kappa shape index (κ3) is 5.04. The first-order valence-corrected chi connectivity index (χ1v) is 11.2. The van der Waals surface area contributed by atoms with Crippen LogP contribution in [0.4, 0.5) is 0 Å². The molecular weight excluding hydrogens is 412 g/mol. The number of carbonyl (C=O) groups is 1. The van der Waals surface area contributed by atoms with Crippen molar-refractivity contribution >= 4 is 5.97 Å². The van der Waals surface area contributed by atoms with E-state index in [2.05, 4.69) is 6.92 Å². The van der Waals surface area contributed by atoms with Gasteiger partial charge in [0, 0.05) is 12.3 Å². The second-order valence-electron chi connectivity index (χ2n) is 9.35. The molecule has 1 aromatic carbocycles. The Morgan fingerprint density at radius 1 is 1.16 bits per heavy atom. The maximum absolute atomic E-state index is 13.2. The Hall–Kier alpha value is -2.25. The predicted octanol–water partition coefficient (Wildman–Crippen LogP) is 4.16. The zero-order chi connectivity index (χ0) is 23.6. The number of carbonyl (C=O) groups excluding carboxylic acids is 1. The summed E-state index contributed by atoms with van der Waals surface area (Å²) >= 11 is 0. The first kappa shape index (κ1) is 24.4. The molecule has 0 saturated carbocycles. The highest BCUT2D eigenvalue weighted by Gasteiger charge is 2.54. The Morgan fingerprint density at radius 3 is 2.31 bits per heavy atom. The third-order valence-corrected chi connectivity index (χ3v) is 6.64. The Bertz CT molecular complexity index is 837. The first-order valence-electron chi connectivity index (χ1n) is 11.2. The average Bonchev–Trinajstić information content (AvgIpc) is 3.39. The molecule has 0 radical (unpaired) electrons. The number of aliphatic hydroxyl groups excluding tert-OH is 1. The van der Waals surface area contributed by atoms with Crippen LogP contribution in [0, 0.1) is 11.8 Å². The van der Waals surface area contributed by atoms with Gasteiger partial charge in [-0.3, -0.25) is 0 Å². The number of epoxide rings is 1. The molecule has 178 valence electrons. The fraction of sp³-hybridized carbons (Fsp3) is 0.640. The van der Waals surface area contributed by atoms with Crippen LogP contribution in [-0.4, -0.2) is 56.3 Å². The number of hydrogen-bond acceptors (Lipinski definition) is 7. The molecule has 1 heterocycles. The molecule has 1 aromatic rings. The van der Waals surface area contributed by atoms with Crippen LogP contribution >= 0.6 is 0 Å². The second kappa shape index (κ2) is 9.71. The van der Waals surface area contributed by atoms with Gasteiger partial charge in [0.05, 0.1) is 44.7 Å². The Labute approximate surface area is 190 Å². The smallest absolute Gasteiger partial charge is 0.339 e. The molecule has 7 nitrogen and oxygen atoms in total. The molecule has 5 unspecified atom stereocenters. The first-order chi connectivity index (χ1) is 15.1. The summed E-state index contributed by atoms with van der Waals surface area (Å²) in [5, 5.41) is 11.1. The minimum absolute atomic E-state index is 0.0898. The van der Waals surface area contributed by atoms with Crippen molar-refractivity contribution in [1.29, 1.82) is 0 Å². The normalized spacial score (nSPS) is 30.1. The van der Waals surface area contributed by atoms with Crippen LogP contribution in [0.15, 0.2) is 23.8 Å². The number of ether oxygens (including phenoxy) is 5. The number of aliphatic hydroxyl groups is 1. The molecule has 0 amide bonds. The Kier molecular flexibility index (Phi) is 7.40. The van der Waals surface area contributed by atoms with Crippen LogP contribution in [-0.2, 0) is 9.47 Å². The van der Waals surface area contributed by atoms with Crippen LogP contribution in [0.1, 0.15) is 57.3 Å². The van der Waals surface area contributed by atoms with Crippen molar-refractivity contribution in [3.63, 3.8) is 0 Å². The highest BCUT2D eigenvalue weighted by Crippen LogP contribution is 2.46. The minimum atomic E-state index is -0.662. The summed E-state index contributed by atoms with van der Waals surface area (Å²) in [7, 11) is 4.51. The van der Waals surface area contributed by atoms with E-state index in [9.17, 15) is 9.90 Å². The van der Waals surface area contributed by atoms with Crippen molar-refractivity contribution < 1.29 is 33.6 Å². The van der Waals surface area contributed by atoms with Crippen molar-refractivity contribution in [1.82, 2.24) is 0 Å². The largest absolute Gasteiger partial charge is 0.493 e. The molecule has 3 rings (SSSR count). The number of fused-ring (bicyclic) bond motifs is 1. The van der Waals surface area contributed by atoms with Gasteiger partial charge in [-0.1, -0.05) is 19.4 Å². The molecule has 1 saturated heterocycles. The Balaban J connectivity index is 1.93. The van der Waals surface area contributed by atoms with Gasteiger partial charge in [0.25, 0.3) is 0 Å². The van der Waals surface area contributed by atoms with E-state index in [-0.39, 0.29) is 29.1 Å². The van der Waals surface area contributed by atoms with Crippen molar-refractivity contribution in [2.24, 2.45) is 11.8 Å². The zero-order valence-electron chi connectivity index (χ0n) is 20.1. The zero-order valence-corrected chi connectivity index (χ0v) is 20.1. The summed E-state index contributed by atoms with van der Waals surface area (Å²) in [6.07, 6.45) is 3.19. The summed E-state index contributed by atoms with van der Waals surface area (Å²) in [5.41, 5.74) is 1.10. The van der Waals surface area contributed by atoms with Crippen molar-refractivity contribution in [2.45, 2.75) is 70.9 Å². The van der Waals surface area contributed by atoms with Crippen LogP contribution in [0.3, 0.4) is 0 Å². The summed E-state index contributed by atoms with van der Waals surface area (Å²) in [4.78, 5) is 13.2. The van der Waals surface area contributed by atoms with Gasteiger partial charge >= 0.3 is 5.97 Å². The van der Waals surface area contributed by atoms with Crippen molar-refractivity contribution in [3.05, 3.63) is 29.3 Å². The highest BCUT2D eigenvalue weighted by atomic mass is 16.6. The van der Waals surface area contributed by atoms with Crippen LogP contribution in [0.2, 0.25) is 0 Å². The fourth-order valence-corrected chi connectivity index (χ4v) is 4.77. The minimum Gasteiger partial charge on any atom is -0.493 e. The summed E-state index contributed by atoms with van der Waals surface area (Å²) in [6, 6.07) is 3.15. The Morgan fingerprint density at radius 2 is 1.78 bits per heavy atom. The van der Waals surface area contributed by atoms with E-state index in [1.54, 1.807) is 12.1 Å². The highest BCUT2D eigenvalue weighted by molar-refractivity contribution is 5.91. The summed E-state index contributed by atoms with van der Waals surface area (Å²) < 4.78 is 28.0. The van der Waals surface area contributed by atoms with E-state index < -0.39 is 18.2 Å². The standard InChI is InChI=1S/C25H36O7/c1-14(2)22-17(26)13-25(4)21(32-25)9-8-15(3)10-18(22)31-24(27)16-11-19(28-5)23(30-7)20(12-16)29-6/h10-12,14,17-18,21-22,26H,8-9,13H2,1-7H3. The summed E-state index contributed by atoms with van der Waals surface area (Å²) in [5.74, 6) is 0.468. The maximum Gasteiger partial charge on any atom is 0.339 e. The van der Waals surface area contributed by atoms with Gasteiger partial charge in [-0.2, -0.15) is 0 Å². The lowest BCUT2D eigenvalue weighted by Gasteiger charge is -2.33. The monoisotopic (exact) mass is 448 g/mol. The molecule has 32 heavy (non-hydrogen) atoms. The molecule has 1 aliphatic carbocycles.